The van der Waals surface area contributed by atoms with Crippen LogP contribution in [-0.4, -0.2) is 39.3 Å². The number of aliphatic hydroxyl groups is 1. The van der Waals surface area contributed by atoms with E-state index >= 15 is 0 Å². The van der Waals surface area contributed by atoms with Crippen molar-refractivity contribution in [3.05, 3.63) is 88.9 Å². The zero-order chi connectivity index (χ0) is 21.7. The number of ketones is 1. The van der Waals surface area contributed by atoms with Crippen LogP contribution in [0.15, 0.2) is 72.0 Å². The fourth-order valence-corrected chi connectivity index (χ4v) is 3.38. The van der Waals surface area contributed by atoms with Crippen LogP contribution in [0.5, 0.6) is 0 Å². The molecule has 2 aromatic carbocycles. The largest absolute Gasteiger partial charge is 0.503 e. The summed E-state index contributed by atoms with van der Waals surface area (Å²) in [7, 11) is 0. The van der Waals surface area contributed by atoms with Crippen LogP contribution in [0.1, 0.15) is 30.0 Å². The molecule has 0 saturated heterocycles. The first-order valence-corrected chi connectivity index (χ1v) is 9.38. The molecule has 1 atom stereocenters. The van der Waals surface area contributed by atoms with Gasteiger partial charge >= 0.3 is 5.97 Å². The van der Waals surface area contributed by atoms with Crippen LogP contribution >= 0.6 is 0 Å². The fourth-order valence-electron chi connectivity index (χ4n) is 3.38. The molecule has 0 fully saturated rings. The summed E-state index contributed by atoms with van der Waals surface area (Å²) in [4.78, 5) is 37.5. The van der Waals surface area contributed by atoms with E-state index in [1.807, 2.05) is 6.07 Å². The van der Waals surface area contributed by atoms with E-state index in [0.29, 0.717) is 0 Å². The third-order valence-corrected chi connectivity index (χ3v) is 4.79. The summed E-state index contributed by atoms with van der Waals surface area (Å²) in [5, 5.41) is 19.3. The Labute approximate surface area is 172 Å². The Hall–Kier alpha value is -3.74. The Balaban J connectivity index is 1.96. The lowest BCUT2D eigenvalue weighted by molar-refractivity contribution is -0.138. The number of carbonyl (C=O) groups excluding carboxylic acids is 2. The van der Waals surface area contributed by atoms with Gasteiger partial charge in [-0.15, -0.1) is 0 Å². The Bertz CT molecular complexity index is 1030. The molecule has 0 spiro atoms. The lowest BCUT2D eigenvalue weighted by Crippen LogP contribution is -2.32. The molecular weight excluding hydrogens is 389 g/mol. The smallest absolute Gasteiger partial charge is 0.303 e. The Kier molecular flexibility index (Phi) is 6.41. The molecule has 30 heavy (non-hydrogen) atoms. The number of halogens is 1. The standard InChI is InChI=1S/C23H20FNO5/c24-17-10-5-4-9-16(17)21-20(18(26)13-12-15-7-2-1-3-8-15)22(29)23(30)25(21)14-6-11-19(27)28/h1-5,7-10,12-13,21,29H,6,11,14H2,(H,27,28). The van der Waals surface area contributed by atoms with E-state index in [2.05, 4.69) is 0 Å². The minimum absolute atomic E-state index is 0.0482. The van der Waals surface area contributed by atoms with Gasteiger partial charge in [0.2, 0.25) is 0 Å². The fraction of sp³-hybridized carbons (Fsp3) is 0.174. The molecule has 2 aromatic rings. The van der Waals surface area contributed by atoms with E-state index in [1.54, 1.807) is 36.4 Å². The summed E-state index contributed by atoms with van der Waals surface area (Å²) >= 11 is 0. The van der Waals surface area contributed by atoms with Gasteiger partial charge in [0.1, 0.15) is 5.82 Å². The number of aliphatic carboxylic acids is 1. The predicted octanol–water partition coefficient (Wildman–Crippen LogP) is 3.67. The summed E-state index contributed by atoms with van der Waals surface area (Å²) in [5.41, 5.74) is 0.574. The third-order valence-electron chi connectivity index (χ3n) is 4.79. The second-order valence-corrected chi connectivity index (χ2v) is 6.79. The second-order valence-electron chi connectivity index (χ2n) is 6.79. The van der Waals surface area contributed by atoms with Crippen molar-refractivity contribution in [3.8, 4) is 0 Å². The number of hydrogen-bond acceptors (Lipinski definition) is 4. The predicted molar refractivity (Wildman–Crippen MR) is 108 cm³/mol. The van der Waals surface area contributed by atoms with Crippen LogP contribution in [0.2, 0.25) is 0 Å². The van der Waals surface area contributed by atoms with Crippen LogP contribution in [0.4, 0.5) is 4.39 Å². The minimum atomic E-state index is -1.14. The quantitative estimate of drug-likeness (QED) is 0.649. The normalized spacial score (nSPS) is 16.5. The average Bonchev–Trinajstić information content (AvgIpc) is 2.98. The number of rotatable bonds is 8. The number of nitrogens with zero attached hydrogens (tertiary/aromatic N) is 1. The highest BCUT2D eigenvalue weighted by atomic mass is 19.1. The summed E-state index contributed by atoms with van der Waals surface area (Å²) in [5.74, 6) is -3.88. The van der Waals surface area contributed by atoms with Gasteiger partial charge in [0.05, 0.1) is 11.6 Å². The number of benzene rings is 2. The molecule has 6 nitrogen and oxygen atoms in total. The van der Waals surface area contributed by atoms with Crippen LogP contribution in [0.25, 0.3) is 6.08 Å². The molecule has 0 saturated carbocycles. The van der Waals surface area contributed by atoms with Crippen LogP contribution < -0.4 is 0 Å². The van der Waals surface area contributed by atoms with Gasteiger partial charge in [0.15, 0.2) is 11.5 Å². The number of amides is 1. The molecule has 0 radical (unpaired) electrons. The number of carbonyl (C=O) groups is 3. The maximum Gasteiger partial charge on any atom is 0.303 e. The number of carboxylic acid groups (broad SMARTS) is 1. The van der Waals surface area contributed by atoms with Crippen molar-refractivity contribution in [1.82, 2.24) is 4.90 Å². The molecule has 1 aliphatic rings. The van der Waals surface area contributed by atoms with Gasteiger partial charge in [-0.05, 0) is 24.1 Å². The van der Waals surface area contributed by atoms with Crippen molar-refractivity contribution in [2.24, 2.45) is 0 Å². The molecule has 1 unspecified atom stereocenters. The molecule has 1 heterocycles. The summed E-state index contributed by atoms with van der Waals surface area (Å²) in [6.45, 7) is -0.0482. The summed E-state index contributed by atoms with van der Waals surface area (Å²) < 4.78 is 14.5. The molecule has 0 aliphatic carbocycles. The maximum absolute atomic E-state index is 14.5. The lowest BCUT2D eigenvalue weighted by atomic mass is 9.95. The highest BCUT2D eigenvalue weighted by Gasteiger charge is 2.43. The highest BCUT2D eigenvalue weighted by molar-refractivity contribution is 6.14. The molecule has 1 amide bonds. The Morgan fingerprint density at radius 2 is 1.73 bits per heavy atom. The highest BCUT2D eigenvalue weighted by Crippen LogP contribution is 2.39. The van der Waals surface area contributed by atoms with Crippen molar-refractivity contribution in [2.75, 3.05) is 6.54 Å². The van der Waals surface area contributed by atoms with Crippen molar-refractivity contribution in [2.45, 2.75) is 18.9 Å². The molecule has 3 rings (SSSR count). The first-order chi connectivity index (χ1) is 14.4. The molecule has 0 aromatic heterocycles. The van der Waals surface area contributed by atoms with Crippen molar-refractivity contribution >= 4 is 23.7 Å². The monoisotopic (exact) mass is 409 g/mol. The number of hydrogen-bond donors (Lipinski definition) is 2. The van der Waals surface area contributed by atoms with Crippen molar-refractivity contribution in [1.29, 1.82) is 0 Å². The molecule has 1 aliphatic heterocycles. The van der Waals surface area contributed by atoms with Gasteiger partial charge in [0, 0.05) is 18.5 Å². The summed E-state index contributed by atoms with van der Waals surface area (Å²) in [6, 6.07) is 13.5. The van der Waals surface area contributed by atoms with Crippen LogP contribution in [0.3, 0.4) is 0 Å². The van der Waals surface area contributed by atoms with E-state index in [9.17, 15) is 23.9 Å². The van der Waals surface area contributed by atoms with Crippen molar-refractivity contribution < 1.29 is 29.0 Å². The third kappa shape index (κ3) is 4.46. The molecule has 154 valence electrons. The first kappa shape index (κ1) is 21.0. The zero-order valence-electron chi connectivity index (χ0n) is 16.0. The minimum Gasteiger partial charge on any atom is -0.503 e. The van der Waals surface area contributed by atoms with E-state index in [-0.39, 0.29) is 30.5 Å². The molecule has 7 heteroatoms. The van der Waals surface area contributed by atoms with Gasteiger partial charge in [-0.3, -0.25) is 14.4 Å². The van der Waals surface area contributed by atoms with E-state index in [1.165, 1.54) is 24.3 Å². The van der Waals surface area contributed by atoms with Crippen LogP contribution in [-0.2, 0) is 14.4 Å². The summed E-state index contributed by atoms with van der Waals surface area (Å²) in [6.07, 6.45) is 2.66. The maximum atomic E-state index is 14.5. The van der Waals surface area contributed by atoms with Gasteiger partial charge in [-0.1, -0.05) is 54.6 Å². The van der Waals surface area contributed by atoms with E-state index in [4.69, 9.17) is 5.11 Å². The zero-order valence-corrected chi connectivity index (χ0v) is 16.0. The average molecular weight is 409 g/mol. The van der Waals surface area contributed by atoms with Gasteiger partial charge in [-0.2, -0.15) is 0 Å². The van der Waals surface area contributed by atoms with Crippen molar-refractivity contribution in [3.63, 3.8) is 0 Å². The van der Waals surface area contributed by atoms with Gasteiger partial charge < -0.3 is 15.1 Å². The molecular formula is C23H20FNO5. The Morgan fingerprint density at radius 1 is 1.07 bits per heavy atom. The Morgan fingerprint density at radius 3 is 2.40 bits per heavy atom. The topological polar surface area (TPSA) is 94.9 Å². The first-order valence-electron chi connectivity index (χ1n) is 9.38. The van der Waals surface area contributed by atoms with Crippen LogP contribution in [0, 0.1) is 5.82 Å². The van der Waals surface area contributed by atoms with Gasteiger partial charge in [-0.25, -0.2) is 4.39 Å². The number of allylic oxidation sites excluding steroid dienone is 1. The SMILES string of the molecule is O=C(O)CCCN1C(=O)C(O)=C(C(=O)C=Cc2ccccc2)C1c1ccccc1F. The van der Waals surface area contributed by atoms with E-state index < -0.39 is 35.3 Å². The second kappa shape index (κ2) is 9.17. The molecule has 0 bridgehead atoms. The number of aliphatic hydroxyl groups excluding tert-OH is 1. The molecule has 2 N–H and O–H groups in total. The lowest BCUT2D eigenvalue weighted by Gasteiger charge is -2.26. The van der Waals surface area contributed by atoms with E-state index in [0.717, 1.165) is 10.5 Å². The number of carboxylic acids is 1. The van der Waals surface area contributed by atoms with Gasteiger partial charge in [0.25, 0.3) is 5.91 Å².